The number of aromatic nitrogens is 4. The smallest absolute Gasteiger partial charge is 0.260 e. The summed E-state index contributed by atoms with van der Waals surface area (Å²) in [5, 5.41) is 3.93. The number of imidazole rings is 1. The molecule has 0 aliphatic carbocycles. The number of hydrogen-bond donors (Lipinski definition) is 1. The van der Waals surface area contributed by atoms with E-state index in [4.69, 9.17) is 10.3 Å². The second kappa shape index (κ2) is 3.99. The largest absolute Gasteiger partial charge is 0.398 e. The summed E-state index contributed by atoms with van der Waals surface area (Å²) in [6.07, 6.45) is 3.37. The molecule has 90 valence electrons. The molecule has 2 N–H and O–H groups in total. The number of para-hydroxylation sites is 1. The van der Waals surface area contributed by atoms with Crippen LogP contribution in [0.2, 0.25) is 0 Å². The molecule has 6 nitrogen and oxygen atoms in total. The highest BCUT2D eigenvalue weighted by Gasteiger charge is 2.14. The van der Waals surface area contributed by atoms with E-state index in [9.17, 15) is 0 Å². The van der Waals surface area contributed by atoms with E-state index in [0.29, 0.717) is 17.4 Å². The first-order chi connectivity index (χ1) is 8.75. The molecule has 0 aliphatic rings. The maximum Gasteiger partial charge on any atom is 0.260 e. The lowest BCUT2D eigenvalue weighted by Gasteiger charge is -1.97. The van der Waals surface area contributed by atoms with Gasteiger partial charge in [-0.2, -0.15) is 4.98 Å². The van der Waals surface area contributed by atoms with Crippen LogP contribution in [0.5, 0.6) is 0 Å². The van der Waals surface area contributed by atoms with Gasteiger partial charge in [0.05, 0.1) is 18.1 Å². The van der Waals surface area contributed by atoms with Crippen molar-refractivity contribution in [1.82, 2.24) is 19.7 Å². The van der Waals surface area contributed by atoms with Crippen LogP contribution in [-0.4, -0.2) is 19.7 Å². The van der Waals surface area contributed by atoms with E-state index in [0.717, 1.165) is 11.3 Å². The molecule has 2 heterocycles. The normalized spacial score (nSPS) is 10.7. The highest BCUT2D eigenvalue weighted by Crippen LogP contribution is 2.25. The number of benzene rings is 1. The van der Waals surface area contributed by atoms with Crippen LogP contribution >= 0.6 is 0 Å². The van der Waals surface area contributed by atoms with Crippen molar-refractivity contribution in [1.29, 1.82) is 0 Å². The van der Waals surface area contributed by atoms with Crippen molar-refractivity contribution < 1.29 is 4.52 Å². The summed E-state index contributed by atoms with van der Waals surface area (Å²) in [5.41, 5.74) is 8.00. The van der Waals surface area contributed by atoms with Gasteiger partial charge in [0.2, 0.25) is 5.82 Å². The van der Waals surface area contributed by atoms with Crippen LogP contribution in [0.1, 0.15) is 0 Å². The number of nitrogen functional groups attached to an aromatic ring is 1. The van der Waals surface area contributed by atoms with E-state index in [1.54, 1.807) is 18.6 Å². The second-order valence-electron chi connectivity index (χ2n) is 3.90. The predicted octanol–water partition coefficient (Wildman–Crippen LogP) is 1.72. The molecule has 3 rings (SSSR count). The number of nitrogens with two attached hydrogens (primary N) is 1. The summed E-state index contributed by atoms with van der Waals surface area (Å²) >= 11 is 0. The van der Waals surface area contributed by atoms with Crippen molar-refractivity contribution in [2.75, 3.05) is 5.73 Å². The Morgan fingerprint density at radius 1 is 1.28 bits per heavy atom. The zero-order valence-electron chi connectivity index (χ0n) is 9.74. The summed E-state index contributed by atoms with van der Waals surface area (Å²) in [6.45, 7) is 0. The molecule has 0 bridgehead atoms. The monoisotopic (exact) mass is 241 g/mol. The molecule has 0 atom stereocenters. The zero-order valence-corrected chi connectivity index (χ0v) is 9.74. The van der Waals surface area contributed by atoms with Gasteiger partial charge < -0.3 is 14.8 Å². The molecule has 1 aromatic carbocycles. The molecule has 18 heavy (non-hydrogen) atoms. The molecule has 2 aromatic heterocycles. The Labute approximate surface area is 103 Å². The average Bonchev–Trinajstić information content (AvgIpc) is 2.98. The van der Waals surface area contributed by atoms with Gasteiger partial charge in [-0.25, -0.2) is 4.98 Å². The third-order valence-electron chi connectivity index (χ3n) is 2.66. The molecule has 0 spiro atoms. The number of anilines is 1. The van der Waals surface area contributed by atoms with Gasteiger partial charge in [0.25, 0.3) is 5.89 Å². The highest BCUT2D eigenvalue weighted by molar-refractivity contribution is 5.70. The molecule has 6 heteroatoms. The summed E-state index contributed by atoms with van der Waals surface area (Å²) in [7, 11) is 1.87. The molecule has 3 aromatic rings. The maximum absolute atomic E-state index is 5.87. The lowest BCUT2D eigenvalue weighted by Crippen LogP contribution is -1.91. The van der Waals surface area contributed by atoms with Gasteiger partial charge in [0.15, 0.2) is 0 Å². The van der Waals surface area contributed by atoms with Gasteiger partial charge in [0.1, 0.15) is 5.69 Å². The van der Waals surface area contributed by atoms with Gasteiger partial charge in [0, 0.05) is 12.7 Å². The number of aryl methyl sites for hydroxylation is 1. The predicted molar refractivity (Wildman–Crippen MR) is 66.3 cm³/mol. The highest BCUT2D eigenvalue weighted by atomic mass is 16.5. The van der Waals surface area contributed by atoms with Crippen molar-refractivity contribution in [3.63, 3.8) is 0 Å². The van der Waals surface area contributed by atoms with Crippen molar-refractivity contribution in [2.24, 2.45) is 7.05 Å². The van der Waals surface area contributed by atoms with Gasteiger partial charge in [-0.15, -0.1) is 0 Å². The van der Waals surface area contributed by atoms with Crippen LogP contribution in [0.3, 0.4) is 0 Å². The molecule has 0 amide bonds. The standard InChI is InChI=1S/C12H11N5O/c1-17-7-14-6-10(17)11-15-12(18-16-11)8-4-2-3-5-9(8)13/h2-7H,13H2,1H3. The van der Waals surface area contributed by atoms with Crippen LogP contribution in [0, 0.1) is 0 Å². The summed E-state index contributed by atoms with van der Waals surface area (Å²) in [4.78, 5) is 8.34. The Balaban J connectivity index is 2.05. The van der Waals surface area contributed by atoms with Crippen LogP contribution in [0.15, 0.2) is 41.3 Å². The SMILES string of the molecule is Cn1cncc1-c1noc(-c2ccccc2N)n1. The minimum Gasteiger partial charge on any atom is -0.398 e. The molecule has 0 radical (unpaired) electrons. The Morgan fingerprint density at radius 3 is 2.83 bits per heavy atom. The van der Waals surface area contributed by atoms with Crippen molar-refractivity contribution in [3.05, 3.63) is 36.8 Å². The van der Waals surface area contributed by atoms with Gasteiger partial charge in [-0.3, -0.25) is 0 Å². The molecule has 0 saturated heterocycles. The fraction of sp³-hybridized carbons (Fsp3) is 0.0833. The van der Waals surface area contributed by atoms with E-state index in [-0.39, 0.29) is 0 Å². The van der Waals surface area contributed by atoms with Crippen LogP contribution in [-0.2, 0) is 7.05 Å². The second-order valence-corrected chi connectivity index (χ2v) is 3.90. The van der Waals surface area contributed by atoms with Crippen LogP contribution < -0.4 is 5.73 Å². The first-order valence-electron chi connectivity index (χ1n) is 5.41. The molecule has 0 aliphatic heterocycles. The van der Waals surface area contributed by atoms with Gasteiger partial charge >= 0.3 is 0 Å². The Morgan fingerprint density at radius 2 is 2.11 bits per heavy atom. The molecular formula is C12H11N5O. The van der Waals surface area contributed by atoms with E-state index < -0.39 is 0 Å². The lowest BCUT2D eigenvalue weighted by molar-refractivity contribution is 0.432. The third kappa shape index (κ3) is 1.64. The average molecular weight is 241 g/mol. The minimum absolute atomic E-state index is 0.407. The van der Waals surface area contributed by atoms with E-state index in [2.05, 4.69) is 15.1 Å². The zero-order chi connectivity index (χ0) is 12.5. The number of hydrogen-bond acceptors (Lipinski definition) is 5. The van der Waals surface area contributed by atoms with Crippen LogP contribution in [0.25, 0.3) is 23.0 Å². The minimum atomic E-state index is 0.407. The molecule has 0 fully saturated rings. The first kappa shape index (κ1) is 10.5. The third-order valence-corrected chi connectivity index (χ3v) is 2.66. The summed E-state index contributed by atoms with van der Waals surface area (Å²) in [5.74, 6) is 0.901. The van der Waals surface area contributed by atoms with Crippen molar-refractivity contribution >= 4 is 5.69 Å². The number of nitrogens with zero attached hydrogens (tertiary/aromatic N) is 4. The molecule has 0 saturated carbocycles. The fourth-order valence-electron chi connectivity index (χ4n) is 1.70. The Kier molecular flexibility index (Phi) is 2.33. The lowest BCUT2D eigenvalue weighted by atomic mass is 10.2. The summed E-state index contributed by atoms with van der Waals surface area (Å²) in [6, 6.07) is 7.37. The quantitative estimate of drug-likeness (QED) is 0.691. The van der Waals surface area contributed by atoms with E-state index in [1.807, 2.05) is 29.8 Å². The van der Waals surface area contributed by atoms with Crippen molar-refractivity contribution in [2.45, 2.75) is 0 Å². The Hall–Kier alpha value is -2.63. The van der Waals surface area contributed by atoms with Gasteiger partial charge in [-0.1, -0.05) is 17.3 Å². The first-order valence-corrected chi connectivity index (χ1v) is 5.41. The van der Waals surface area contributed by atoms with Gasteiger partial charge in [-0.05, 0) is 12.1 Å². The molecule has 0 unspecified atom stereocenters. The van der Waals surface area contributed by atoms with E-state index in [1.165, 1.54) is 0 Å². The number of rotatable bonds is 2. The van der Waals surface area contributed by atoms with Crippen LogP contribution in [0.4, 0.5) is 5.69 Å². The maximum atomic E-state index is 5.87. The Bertz CT molecular complexity index is 685. The van der Waals surface area contributed by atoms with Crippen molar-refractivity contribution in [3.8, 4) is 23.0 Å². The summed E-state index contributed by atoms with van der Waals surface area (Å²) < 4.78 is 7.05. The van der Waals surface area contributed by atoms with E-state index >= 15 is 0 Å². The topological polar surface area (TPSA) is 82.8 Å². The molecular weight excluding hydrogens is 230 g/mol. The fourth-order valence-corrected chi connectivity index (χ4v) is 1.70.